The van der Waals surface area contributed by atoms with Gasteiger partial charge in [0.05, 0.1) is 0 Å². The lowest BCUT2D eigenvalue weighted by atomic mass is 9.98. The van der Waals surface area contributed by atoms with Crippen LogP contribution in [-0.4, -0.2) is 42.3 Å². The molecule has 0 saturated heterocycles. The summed E-state index contributed by atoms with van der Waals surface area (Å²) in [4.78, 5) is 35.6. The second-order valence-electron chi connectivity index (χ2n) is 8.26. The molecule has 0 radical (unpaired) electrons. The number of carbonyl (C=O) groups excluding carboxylic acids is 2. The summed E-state index contributed by atoms with van der Waals surface area (Å²) in [6.45, 7) is 0.573. The average molecular weight is 463 g/mol. The van der Waals surface area contributed by atoms with Crippen LogP contribution in [0.1, 0.15) is 55.6 Å². The summed E-state index contributed by atoms with van der Waals surface area (Å²) in [5.74, 6) is 1.21. The van der Waals surface area contributed by atoms with Gasteiger partial charge in [0.2, 0.25) is 5.91 Å². The fourth-order valence-corrected chi connectivity index (χ4v) is 4.18. The summed E-state index contributed by atoms with van der Waals surface area (Å²) < 4.78 is 5.44. The van der Waals surface area contributed by atoms with Gasteiger partial charge < -0.3 is 20.5 Å². The quantitative estimate of drug-likeness (QED) is 0.326. The van der Waals surface area contributed by atoms with Gasteiger partial charge in [-0.25, -0.2) is 9.59 Å². The molecule has 1 atom stereocenters. The molecule has 7 heteroatoms. The third-order valence-electron chi connectivity index (χ3n) is 5.90. The molecule has 2 amide bonds. The number of ether oxygens (including phenoxy) is 1. The van der Waals surface area contributed by atoms with Crippen LogP contribution >= 0.6 is 0 Å². The molecule has 2 aromatic carbocycles. The molecule has 34 heavy (non-hydrogen) atoms. The molecule has 0 bridgehead atoms. The Balaban J connectivity index is 1.44. The van der Waals surface area contributed by atoms with E-state index in [4.69, 9.17) is 11.2 Å². The fraction of sp³-hybridized carbons (Fsp3) is 0.370. The number of carbonyl (C=O) groups is 3. The van der Waals surface area contributed by atoms with Crippen molar-refractivity contribution in [3.63, 3.8) is 0 Å². The third-order valence-corrected chi connectivity index (χ3v) is 5.90. The molecule has 1 aliphatic rings. The van der Waals surface area contributed by atoms with E-state index in [0.717, 1.165) is 22.3 Å². The number of alkyl carbamates (subject to hydrolysis) is 1. The van der Waals surface area contributed by atoms with E-state index in [0.29, 0.717) is 38.6 Å². The first kappa shape index (κ1) is 24.8. The van der Waals surface area contributed by atoms with Crippen molar-refractivity contribution in [2.45, 2.75) is 50.5 Å². The molecule has 0 heterocycles. The van der Waals surface area contributed by atoms with E-state index >= 15 is 0 Å². The van der Waals surface area contributed by atoms with E-state index < -0.39 is 18.1 Å². The number of amides is 2. The molecule has 2 aromatic rings. The van der Waals surface area contributed by atoms with Crippen LogP contribution in [0, 0.1) is 12.3 Å². The van der Waals surface area contributed by atoms with Gasteiger partial charge in [-0.05, 0) is 47.9 Å². The molecule has 0 aliphatic heterocycles. The van der Waals surface area contributed by atoms with Crippen LogP contribution in [0.25, 0.3) is 11.1 Å². The Labute approximate surface area is 199 Å². The maximum atomic E-state index is 12.4. The number of unbranched alkanes of at least 4 members (excludes halogenated alkanes) is 2. The number of fused-ring (bicyclic) bond motifs is 3. The van der Waals surface area contributed by atoms with Crippen LogP contribution in [0.3, 0.4) is 0 Å². The Hall–Kier alpha value is -3.79. The largest absolute Gasteiger partial charge is 0.480 e. The van der Waals surface area contributed by atoms with Gasteiger partial charge in [0, 0.05) is 25.3 Å². The van der Waals surface area contributed by atoms with E-state index in [9.17, 15) is 19.5 Å². The van der Waals surface area contributed by atoms with Crippen molar-refractivity contribution in [2.75, 3.05) is 13.2 Å². The highest BCUT2D eigenvalue weighted by Crippen LogP contribution is 2.44. The lowest BCUT2D eigenvalue weighted by Crippen LogP contribution is -2.41. The highest BCUT2D eigenvalue weighted by Gasteiger charge is 2.29. The van der Waals surface area contributed by atoms with Gasteiger partial charge >= 0.3 is 12.1 Å². The first-order valence-corrected chi connectivity index (χ1v) is 11.6. The monoisotopic (exact) mass is 462 g/mol. The molecule has 0 unspecified atom stereocenters. The molecule has 3 rings (SSSR count). The number of hydrogen-bond acceptors (Lipinski definition) is 4. The summed E-state index contributed by atoms with van der Waals surface area (Å²) in [7, 11) is 0. The van der Waals surface area contributed by atoms with E-state index in [1.54, 1.807) is 0 Å². The van der Waals surface area contributed by atoms with Crippen molar-refractivity contribution in [2.24, 2.45) is 0 Å². The molecule has 0 spiro atoms. The van der Waals surface area contributed by atoms with Crippen molar-refractivity contribution >= 4 is 18.0 Å². The van der Waals surface area contributed by atoms with Gasteiger partial charge in [-0.15, -0.1) is 12.3 Å². The summed E-state index contributed by atoms with van der Waals surface area (Å²) in [5, 5.41) is 14.7. The highest BCUT2D eigenvalue weighted by atomic mass is 16.5. The normalized spacial score (nSPS) is 12.7. The average Bonchev–Trinajstić information content (AvgIpc) is 3.15. The van der Waals surface area contributed by atoms with Gasteiger partial charge in [-0.1, -0.05) is 48.5 Å². The van der Waals surface area contributed by atoms with Gasteiger partial charge in [-0.2, -0.15) is 0 Å². The lowest BCUT2D eigenvalue weighted by Gasteiger charge is -2.17. The number of aliphatic carboxylic acids is 1. The second kappa shape index (κ2) is 12.4. The summed E-state index contributed by atoms with van der Waals surface area (Å²) in [6, 6.07) is 15.0. The number of nitrogens with one attached hydrogen (secondary N) is 2. The zero-order chi connectivity index (χ0) is 24.3. The van der Waals surface area contributed by atoms with Gasteiger partial charge in [0.15, 0.2) is 0 Å². The molecule has 3 N–H and O–H groups in total. The van der Waals surface area contributed by atoms with Gasteiger partial charge in [0.1, 0.15) is 12.6 Å². The lowest BCUT2D eigenvalue weighted by molar-refractivity contribution is -0.139. The Morgan fingerprint density at radius 2 is 1.65 bits per heavy atom. The van der Waals surface area contributed by atoms with E-state index in [1.807, 2.05) is 36.4 Å². The van der Waals surface area contributed by atoms with Crippen LogP contribution < -0.4 is 10.6 Å². The van der Waals surface area contributed by atoms with Crippen molar-refractivity contribution < 1.29 is 24.2 Å². The molecule has 0 fully saturated rings. The number of terminal acetylenes is 1. The summed E-state index contributed by atoms with van der Waals surface area (Å²) in [5.41, 5.74) is 4.43. The van der Waals surface area contributed by atoms with Crippen LogP contribution in [-0.2, 0) is 14.3 Å². The van der Waals surface area contributed by atoms with Crippen LogP contribution in [0.2, 0.25) is 0 Å². The van der Waals surface area contributed by atoms with Crippen LogP contribution in [0.15, 0.2) is 48.5 Å². The van der Waals surface area contributed by atoms with Crippen molar-refractivity contribution in [1.82, 2.24) is 10.6 Å². The Morgan fingerprint density at radius 3 is 2.26 bits per heavy atom. The molecule has 178 valence electrons. The molecule has 0 aromatic heterocycles. The maximum Gasteiger partial charge on any atom is 0.407 e. The Bertz CT molecular complexity index is 1010. The summed E-state index contributed by atoms with van der Waals surface area (Å²) >= 11 is 0. The third kappa shape index (κ3) is 6.61. The number of rotatable bonds is 12. The summed E-state index contributed by atoms with van der Waals surface area (Å²) in [6.07, 6.45) is 7.38. The number of carboxylic acid groups (broad SMARTS) is 1. The molecular weight excluding hydrogens is 432 g/mol. The maximum absolute atomic E-state index is 12.4. The van der Waals surface area contributed by atoms with E-state index in [2.05, 4.69) is 28.7 Å². The first-order valence-electron chi connectivity index (χ1n) is 11.6. The zero-order valence-electron chi connectivity index (χ0n) is 19.1. The van der Waals surface area contributed by atoms with Crippen molar-refractivity contribution in [3.05, 3.63) is 59.7 Å². The van der Waals surface area contributed by atoms with Crippen molar-refractivity contribution in [3.8, 4) is 23.5 Å². The predicted octanol–water partition coefficient (Wildman–Crippen LogP) is 4.07. The number of benzene rings is 2. The fourth-order valence-electron chi connectivity index (χ4n) is 4.18. The smallest absolute Gasteiger partial charge is 0.407 e. The Kier molecular flexibility index (Phi) is 9.10. The standard InChI is InChI=1S/C27H30N2O5/c1-2-3-4-16-25(30)28-17-10-9-15-24(26(31)32)29-27(33)34-18-23-21-13-7-5-11-19(21)20-12-6-8-14-22(20)23/h1,5-8,11-14,23-24H,3-4,9-10,15-18H2,(H,28,30)(H,29,33)(H,31,32)/t24-/m0/s1. The molecule has 7 nitrogen and oxygen atoms in total. The Morgan fingerprint density at radius 1 is 1.00 bits per heavy atom. The minimum atomic E-state index is -1.12. The number of hydrogen-bond donors (Lipinski definition) is 3. The van der Waals surface area contributed by atoms with E-state index in [1.165, 1.54) is 0 Å². The second-order valence-corrected chi connectivity index (χ2v) is 8.26. The van der Waals surface area contributed by atoms with Gasteiger partial charge in [0.25, 0.3) is 0 Å². The topological polar surface area (TPSA) is 105 Å². The van der Waals surface area contributed by atoms with Crippen LogP contribution in [0.5, 0.6) is 0 Å². The van der Waals surface area contributed by atoms with E-state index in [-0.39, 0.29) is 24.9 Å². The highest BCUT2D eigenvalue weighted by molar-refractivity contribution is 5.81. The molecule has 1 aliphatic carbocycles. The SMILES string of the molecule is C#CCCCC(=O)NCCCC[C@H](NC(=O)OCC1c2ccccc2-c2ccccc21)C(=O)O. The first-order chi connectivity index (χ1) is 16.5. The minimum absolute atomic E-state index is 0.0678. The molecule has 0 saturated carbocycles. The molecular formula is C27H30N2O5. The van der Waals surface area contributed by atoms with Crippen molar-refractivity contribution in [1.29, 1.82) is 0 Å². The predicted molar refractivity (Wildman–Crippen MR) is 129 cm³/mol. The number of carboxylic acids is 1. The minimum Gasteiger partial charge on any atom is -0.480 e. The zero-order valence-corrected chi connectivity index (χ0v) is 19.1. The van der Waals surface area contributed by atoms with Gasteiger partial charge in [-0.3, -0.25) is 4.79 Å². The van der Waals surface area contributed by atoms with Crippen LogP contribution in [0.4, 0.5) is 4.79 Å².